The summed E-state index contributed by atoms with van der Waals surface area (Å²) in [7, 11) is 1.97. The van der Waals surface area contributed by atoms with Crippen molar-refractivity contribution in [2.24, 2.45) is 0 Å². The van der Waals surface area contributed by atoms with Crippen LogP contribution in [-0.4, -0.2) is 11.6 Å². The zero-order valence-corrected chi connectivity index (χ0v) is 12.2. The fourth-order valence-corrected chi connectivity index (χ4v) is 2.61. The summed E-state index contributed by atoms with van der Waals surface area (Å²) in [5, 5.41) is 5.25. The molecule has 1 heterocycles. The van der Waals surface area contributed by atoms with Gasteiger partial charge in [0.05, 0.1) is 0 Å². The molecule has 0 bridgehead atoms. The average Bonchev–Trinajstić information content (AvgIpc) is 2.84. The van der Waals surface area contributed by atoms with Crippen molar-refractivity contribution in [1.82, 2.24) is 9.88 Å². The standard InChI is InChI=1S/C17H17ClN2/c1-19-11-14-4-7-17-15(10-14)8-9-20(17)12-13-2-5-16(18)6-3-13/h2-10,19H,11-12H2,1H3. The largest absolute Gasteiger partial charge is 0.343 e. The first kappa shape index (κ1) is 13.2. The van der Waals surface area contributed by atoms with E-state index in [2.05, 4.69) is 52.5 Å². The number of benzene rings is 2. The van der Waals surface area contributed by atoms with Gasteiger partial charge in [0.15, 0.2) is 0 Å². The molecule has 2 nitrogen and oxygen atoms in total. The lowest BCUT2D eigenvalue weighted by Crippen LogP contribution is -2.04. The molecule has 0 aliphatic carbocycles. The molecule has 3 heteroatoms. The van der Waals surface area contributed by atoms with Gasteiger partial charge in [-0.15, -0.1) is 0 Å². The van der Waals surface area contributed by atoms with Gasteiger partial charge in [0, 0.05) is 29.8 Å². The molecule has 0 fully saturated rings. The summed E-state index contributed by atoms with van der Waals surface area (Å²) >= 11 is 5.92. The zero-order chi connectivity index (χ0) is 13.9. The third kappa shape index (κ3) is 2.72. The first-order valence-corrected chi connectivity index (χ1v) is 7.11. The number of fused-ring (bicyclic) bond motifs is 1. The molecule has 20 heavy (non-hydrogen) atoms. The number of rotatable bonds is 4. The second kappa shape index (κ2) is 5.70. The zero-order valence-electron chi connectivity index (χ0n) is 11.4. The molecular formula is C17H17ClN2. The SMILES string of the molecule is CNCc1ccc2c(ccn2Cc2ccc(Cl)cc2)c1. The van der Waals surface area contributed by atoms with Gasteiger partial charge in [0.2, 0.25) is 0 Å². The van der Waals surface area contributed by atoms with E-state index in [1.165, 1.54) is 22.0 Å². The molecule has 0 aliphatic heterocycles. The van der Waals surface area contributed by atoms with Crippen molar-refractivity contribution in [3.63, 3.8) is 0 Å². The van der Waals surface area contributed by atoms with E-state index in [0.717, 1.165) is 18.1 Å². The lowest BCUT2D eigenvalue weighted by molar-refractivity contribution is 0.817. The van der Waals surface area contributed by atoms with E-state index in [1.807, 2.05) is 19.2 Å². The van der Waals surface area contributed by atoms with Crippen LogP contribution in [-0.2, 0) is 13.1 Å². The van der Waals surface area contributed by atoms with Gasteiger partial charge in [-0.05, 0) is 53.9 Å². The maximum atomic E-state index is 5.92. The molecule has 3 aromatic rings. The van der Waals surface area contributed by atoms with Crippen molar-refractivity contribution in [1.29, 1.82) is 0 Å². The molecule has 1 aromatic heterocycles. The molecule has 2 aromatic carbocycles. The minimum absolute atomic E-state index is 0.780. The summed E-state index contributed by atoms with van der Waals surface area (Å²) in [6, 6.07) is 16.8. The number of nitrogens with one attached hydrogen (secondary N) is 1. The van der Waals surface area contributed by atoms with Crippen molar-refractivity contribution in [3.05, 3.63) is 70.9 Å². The fourth-order valence-electron chi connectivity index (χ4n) is 2.49. The fraction of sp³-hybridized carbons (Fsp3) is 0.176. The topological polar surface area (TPSA) is 17.0 Å². The molecule has 102 valence electrons. The first-order valence-electron chi connectivity index (χ1n) is 6.73. The van der Waals surface area contributed by atoms with E-state index in [-0.39, 0.29) is 0 Å². The molecule has 0 unspecified atom stereocenters. The van der Waals surface area contributed by atoms with E-state index in [0.29, 0.717) is 0 Å². The smallest absolute Gasteiger partial charge is 0.0483 e. The Morgan fingerprint density at radius 1 is 1.00 bits per heavy atom. The summed E-state index contributed by atoms with van der Waals surface area (Å²) in [5.74, 6) is 0. The Hall–Kier alpha value is -1.77. The maximum absolute atomic E-state index is 5.92. The van der Waals surface area contributed by atoms with Crippen LogP contribution < -0.4 is 5.32 Å². The Balaban J connectivity index is 1.90. The van der Waals surface area contributed by atoms with Gasteiger partial charge < -0.3 is 9.88 Å². The van der Waals surface area contributed by atoms with Gasteiger partial charge in [-0.3, -0.25) is 0 Å². The van der Waals surface area contributed by atoms with Gasteiger partial charge in [0.1, 0.15) is 0 Å². The number of halogens is 1. The molecule has 0 radical (unpaired) electrons. The molecule has 3 rings (SSSR count). The van der Waals surface area contributed by atoms with Gasteiger partial charge >= 0.3 is 0 Å². The molecule has 1 N–H and O–H groups in total. The molecular weight excluding hydrogens is 268 g/mol. The highest BCUT2D eigenvalue weighted by Gasteiger charge is 2.03. The Morgan fingerprint density at radius 2 is 1.75 bits per heavy atom. The number of nitrogens with zero attached hydrogens (tertiary/aromatic N) is 1. The minimum Gasteiger partial charge on any atom is -0.343 e. The highest BCUT2D eigenvalue weighted by Crippen LogP contribution is 2.19. The summed E-state index contributed by atoms with van der Waals surface area (Å²) in [5.41, 5.74) is 3.83. The number of aromatic nitrogens is 1. The molecule has 0 saturated carbocycles. The van der Waals surface area contributed by atoms with Crippen LogP contribution >= 0.6 is 11.6 Å². The summed E-state index contributed by atoms with van der Waals surface area (Å²) < 4.78 is 2.27. The third-order valence-electron chi connectivity index (χ3n) is 3.48. The van der Waals surface area contributed by atoms with E-state index in [4.69, 9.17) is 11.6 Å². The second-order valence-electron chi connectivity index (χ2n) is 4.99. The molecule has 0 amide bonds. The Morgan fingerprint density at radius 3 is 2.50 bits per heavy atom. The quantitative estimate of drug-likeness (QED) is 0.764. The van der Waals surface area contributed by atoms with E-state index < -0.39 is 0 Å². The van der Waals surface area contributed by atoms with Crippen LogP contribution in [0, 0.1) is 0 Å². The highest BCUT2D eigenvalue weighted by atomic mass is 35.5. The maximum Gasteiger partial charge on any atom is 0.0483 e. The van der Waals surface area contributed by atoms with Crippen LogP contribution in [0.15, 0.2) is 54.7 Å². The van der Waals surface area contributed by atoms with Crippen molar-refractivity contribution in [2.45, 2.75) is 13.1 Å². The summed E-state index contributed by atoms with van der Waals surface area (Å²) in [6.07, 6.45) is 2.14. The Bertz CT molecular complexity index is 713. The highest BCUT2D eigenvalue weighted by molar-refractivity contribution is 6.30. The van der Waals surface area contributed by atoms with Gasteiger partial charge in [0.25, 0.3) is 0 Å². The Labute approximate surface area is 124 Å². The lowest BCUT2D eigenvalue weighted by atomic mass is 10.1. The van der Waals surface area contributed by atoms with Gasteiger partial charge in [-0.25, -0.2) is 0 Å². The van der Waals surface area contributed by atoms with Crippen LogP contribution in [0.1, 0.15) is 11.1 Å². The molecule has 0 atom stereocenters. The van der Waals surface area contributed by atoms with Gasteiger partial charge in [-0.2, -0.15) is 0 Å². The summed E-state index contributed by atoms with van der Waals surface area (Å²) in [6.45, 7) is 1.77. The van der Waals surface area contributed by atoms with E-state index >= 15 is 0 Å². The number of hydrogen-bond acceptors (Lipinski definition) is 1. The Kier molecular flexibility index (Phi) is 3.77. The van der Waals surface area contributed by atoms with E-state index in [9.17, 15) is 0 Å². The van der Waals surface area contributed by atoms with Gasteiger partial charge in [-0.1, -0.05) is 29.8 Å². The average molecular weight is 285 g/mol. The molecule has 0 aliphatic rings. The van der Waals surface area contributed by atoms with Crippen LogP contribution in [0.25, 0.3) is 10.9 Å². The number of hydrogen-bond donors (Lipinski definition) is 1. The van der Waals surface area contributed by atoms with Crippen molar-refractivity contribution in [2.75, 3.05) is 7.05 Å². The second-order valence-corrected chi connectivity index (χ2v) is 5.43. The monoisotopic (exact) mass is 284 g/mol. The third-order valence-corrected chi connectivity index (χ3v) is 3.73. The lowest BCUT2D eigenvalue weighted by Gasteiger charge is -2.07. The predicted octanol–water partition coefficient (Wildman–Crippen LogP) is 4.06. The normalized spacial score (nSPS) is 11.1. The predicted molar refractivity (Wildman–Crippen MR) is 85.3 cm³/mol. The molecule has 0 spiro atoms. The first-order chi connectivity index (χ1) is 9.76. The van der Waals surface area contributed by atoms with Crippen molar-refractivity contribution >= 4 is 22.5 Å². The van der Waals surface area contributed by atoms with Crippen LogP contribution in [0.2, 0.25) is 5.02 Å². The van der Waals surface area contributed by atoms with E-state index in [1.54, 1.807) is 0 Å². The van der Waals surface area contributed by atoms with Crippen LogP contribution in [0.5, 0.6) is 0 Å². The molecule has 0 saturated heterocycles. The van der Waals surface area contributed by atoms with Crippen molar-refractivity contribution < 1.29 is 0 Å². The minimum atomic E-state index is 0.780. The summed E-state index contributed by atoms with van der Waals surface area (Å²) in [4.78, 5) is 0. The van der Waals surface area contributed by atoms with Crippen molar-refractivity contribution in [3.8, 4) is 0 Å². The van der Waals surface area contributed by atoms with Crippen LogP contribution in [0.4, 0.5) is 0 Å². The van der Waals surface area contributed by atoms with Crippen LogP contribution in [0.3, 0.4) is 0 Å².